The van der Waals surface area contributed by atoms with Crippen LogP contribution in [0.3, 0.4) is 0 Å². The third kappa shape index (κ3) is 1.47. The van der Waals surface area contributed by atoms with Gasteiger partial charge in [-0.3, -0.25) is 0 Å². The second kappa shape index (κ2) is 2.90. The lowest BCUT2D eigenvalue weighted by molar-refractivity contribution is 0.364. The number of allylic oxidation sites excluding steroid dienone is 2. The van der Waals surface area contributed by atoms with Crippen LogP contribution in [0.1, 0.15) is 32.6 Å². The van der Waals surface area contributed by atoms with Crippen molar-refractivity contribution in [3.8, 4) is 0 Å². The summed E-state index contributed by atoms with van der Waals surface area (Å²) < 4.78 is 0. The Kier molecular flexibility index (Phi) is 2.15. The minimum atomic E-state index is 0.741. The number of hydrogen-bond acceptors (Lipinski definition) is 1. The van der Waals surface area contributed by atoms with Gasteiger partial charge in [0, 0.05) is 5.70 Å². The smallest absolute Gasteiger partial charge is 0.00713 e. The first kappa shape index (κ1) is 6.66. The topological polar surface area (TPSA) is 26.0 Å². The molecule has 1 saturated carbocycles. The van der Waals surface area contributed by atoms with Crippen LogP contribution in [0.4, 0.5) is 0 Å². The van der Waals surface area contributed by atoms with Crippen LogP contribution in [0, 0.1) is 5.92 Å². The quantitative estimate of drug-likeness (QED) is 0.600. The molecule has 0 aromatic carbocycles. The molecule has 1 aliphatic rings. The van der Waals surface area contributed by atoms with Crippen LogP contribution < -0.4 is 5.73 Å². The van der Waals surface area contributed by atoms with Gasteiger partial charge in [-0.1, -0.05) is 19.4 Å². The molecule has 0 aliphatic heterocycles. The largest absolute Gasteiger partial charge is 0.402 e. The Labute approximate surface area is 56.9 Å². The second-order valence-corrected chi connectivity index (χ2v) is 2.74. The highest BCUT2D eigenvalue weighted by Gasteiger charge is 2.18. The van der Waals surface area contributed by atoms with E-state index in [9.17, 15) is 0 Å². The highest BCUT2D eigenvalue weighted by atomic mass is 14.6. The molecule has 1 heteroatoms. The van der Waals surface area contributed by atoms with Crippen molar-refractivity contribution in [3.63, 3.8) is 0 Å². The summed E-state index contributed by atoms with van der Waals surface area (Å²) in [6.45, 7) is 2.13. The predicted molar refractivity (Wildman–Crippen MR) is 39.9 cm³/mol. The van der Waals surface area contributed by atoms with Crippen LogP contribution in [-0.4, -0.2) is 0 Å². The Morgan fingerprint density at radius 1 is 1.67 bits per heavy atom. The molecule has 0 unspecified atom stereocenters. The van der Waals surface area contributed by atoms with Crippen LogP contribution in [0.5, 0.6) is 0 Å². The summed E-state index contributed by atoms with van der Waals surface area (Å²) in [5.41, 5.74) is 6.88. The van der Waals surface area contributed by atoms with Crippen LogP contribution in [0.2, 0.25) is 0 Å². The van der Waals surface area contributed by atoms with Gasteiger partial charge in [-0.25, -0.2) is 0 Å². The highest BCUT2D eigenvalue weighted by Crippen LogP contribution is 2.30. The lowest BCUT2D eigenvalue weighted by atomic mass is 9.83. The van der Waals surface area contributed by atoms with Crippen molar-refractivity contribution < 1.29 is 0 Å². The third-order valence-corrected chi connectivity index (χ3v) is 2.02. The molecular formula is C8H15N. The fourth-order valence-electron chi connectivity index (χ4n) is 1.14. The Morgan fingerprint density at radius 2 is 2.33 bits per heavy atom. The molecule has 52 valence electrons. The molecule has 9 heavy (non-hydrogen) atoms. The Hall–Kier alpha value is -0.460. The number of rotatable bonds is 2. The summed E-state index contributed by atoms with van der Waals surface area (Å²) in [5, 5.41) is 0. The molecule has 0 radical (unpaired) electrons. The van der Waals surface area contributed by atoms with Gasteiger partial charge in [-0.15, -0.1) is 0 Å². The van der Waals surface area contributed by atoms with E-state index < -0.39 is 0 Å². The fourth-order valence-corrected chi connectivity index (χ4v) is 1.14. The maximum atomic E-state index is 5.75. The van der Waals surface area contributed by atoms with Crippen LogP contribution in [0.15, 0.2) is 11.8 Å². The zero-order valence-corrected chi connectivity index (χ0v) is 6.06. The first-order valence-corrected chi connectivity index (χ1v) is 3.80. The van der Waals surface area contributed by atoms with Gasteiger partial charge in [0.25, 0.3) is 0 Å². The molecule has 0 atom stereocenters. The molecule has 1 nitrogen and oxygen atoms in total. The molecular weight excluding hydrogens is 110 g/mol. The van der Waals surface area contributed by atoms with E-state index in [0.29, 0.717) is 0 Å². The molecule has 0 aromatic heterocycles. The summed E-state index contributed by atoms with van der Waals surface area (Å²) in [7, 11) is 0. The van der Waals surface area contributed by atoms with Crippen molar-refractivity contribution >= 4 is 0 Å². The molecule has 0 bridgehead atoms. The summed E-state index contributed by atoms with van der Waals surface area (Å²) in [5.74, 6) is 0.741. The Bertz CT molecular complexity index is 112. The Morgan fingerprint density at radius 3 is 2.67 bits per heavy atom. The average Bonchev–Trinajstić information content (AvgIpc) is 1.60. The van der Waals surface area contributed by atoms with Crippen molar-refractivity contribution in [2.75, 3.05) is 0 Å². The SMILES string of the molecule is CC/C=C(\N)C1CCC1. The van der Waals surface area contributed by atoms with Crippen molar-refractivity contribution in [2.24, 2.45) is 11.7 Å². The molecule has 1 aliphatic carbocycles. The molecule has 0 saturated heterocycles. The predicted octanol–water partition coefficient (Wildman–Crippen LogP) is 2.04. The first-order valence-electron chi connectivity index (χ1n) is 3.80. The van der Waals surface area contributed by atoms with Gasteiger partial charge < -0.3 is 5.73 Å². The monoisotopic (exact) mass is 125 g/mol. The average molecular weight is 125 g/mol. The molecule has 1 fully saturated rings. The lowest BCUT2D eigenvalue weighted by Crippen LogP contribution is -2.18. The molecule has 0 aromatic rings. The molecule has 1 rings (SSSR count). The molecule has 2 N–H and O–H groups in total. The summed E-state index contributed by atoms with van der Waals surface area (Å²) in [6, 6.07) is 0. The zero-order valence-electron chi connectivity index (χ0n) is 6.06. The van der Waals surface area contributed by atoms with E-state index in [1.54, 1.807) is 0 Å². The molecule has 0 spiro atoms. The van der Waals surface area contributed by atoms with E-state index in [0.717, 1.165) is 18.0 Å². The standard InChI is InChI=1S/C8H15N/c1-2-4-8(9)7-5-3-6-7/h4,7H,2-3,5-6,9H2,1H3/b8-4-. The van der Waals surface area contributed by atoms with Crippen LogP contribution in [0.25, 0.3) is 0 Å². The van der Waals surface area contributed by atoms with E-state index in [1.807, 2.05) is 0 Å². The summed E-state index contributed by atoms with van der Waals surface area (Å²) >= 11 is 0. The van der Waals surface area contributed by atoms with Crippen LogP contribution in [-0.2, 0) is 0 Å². The molecule has 0 amide bonds. The second-order valence-electron chi connectivity index (χ2n) is 2.74. The molecule has 0 heterocycles. The van der Waals surface area contributed by atoms with Gasteiger partial charge >= 0.3 is 0 Å². The van der Waals surface area contributed by atoms with Gasteiger partial charge in [0.05, 0.1) is 0 Å². The van der Waals surface area contributed by atoms with Gasteiger partial charge in [0.15, 0.2) is 0 Å². The lowest BCUT2D eigenvalue weighted by Gasteiger charge is -2.25. The third-order valence-electron chi connectivity index (χ3n) is 2.02. The van der Waals surface area contributed by atoms with Gasteiger partial charge in [0.1, 0.15) is 0 Å². The number of hydrogen-bond donors (Lipinski definition) is 1. The van der Waals surface area contributed by atoms with E-state index in [4.69, 9.17) is 5.73 Å². The van der Waals surface area contributed by atoms with Crippen molar-refractivity contribution in [2.45, 2.75) is 32.6 Å². The van der Waals surface area contributed by atoms with Crippen LogP contribution >= 0.6 is 0 Å². The summed E-state index contributed by atoms with van der Waals surface area (Å²) in [4.78, 5) is 0. The van der Waals surface area contributed by atoms with E-state index in [2.05, 4.69) is 13.0 Å². The van der Waals surface area contributed by atoms with Gasteiger partial charge in [-0.05, 0) is 25.2 Å². The first-order chi connectivity index (χ1) is 4.34. The van der Waals surface area contributed by atoms with Crippen molar-refractivity contribution in [3.05, 3.63) is 11.8 Å². The van der Waals surface area contributed by atoms with E-state index in [-0.39, 0.29) is 0 Å². The minimum Gasteiger partial charge on any atom is -0.402 e. The van der Waals surface area contributed by atoms with Gasteiger partial charge in [0.2, 0.25) is 0 Å². The van der Waals surface area contributed by atoms with Crippen molar-refractivity contribution in [1.29, 1.82) is 0 Å². The zero-order chi connectivity index (χ0) is 6.69. The highest BCUT2D eigenvalue weighted by molar-refractivity contribution is 5.04. The Balaban J connectivity index is 2.31. The normalized spacial score (nSPS) is 21.7. The van der Waals surface area contributed by atoms with Crippen molar-refractivity contribution in [1.82, 2.24) is 0 Å². The van der Waals surface area contributed by atoms with E-state index >= 15 is 0 Å². The fraction of sp³-hybridized carbons (Fsp3) is 0.750. The maximum Gasteiger partial charge on any atom is 0.00713 e. The summed E-state index contributed by atoms with van der Waals surface area (Å²) in [6.07, 6.45) is 7.25. The van der Waals surface area contributed by atoms with E-state index in [1.165, 1.54) is 19.3 Å². The maximum absolute atomic E-state index is 5.75. The number of nitrogens with two attached hydrogens (primary N) is 1. The minimum absolute atomic E-state index is 0.741. The van der Waals surface area contributed by atoms with Gasteiger partial charge in [-0.2, -0.15) is 0 Å².